The van der Waals surface area contributed by atoms with Crippen LogP contribution in [0.4, 0.5) is 0 Å². The van der Waals surface area contributed by atoms with Gasteiger partial charge in [0, 0.05) is 4.47 Å². The molecule has 0 aliphatic heterocycles. The van der Waals surface area contributed by atoms with E-state index >= 15 is 0 Å². The molecule has 1 heterocycles. The molecule has 0 bridgehead atoms. The second-order valence-electron chi connectivity index (χ2n) is 4.16. The number of hydrogen-bond acceptors (Lipinski definition) is 3. The molecule has 0 N–H and O–H groups in total. The molecule has 0 saturated heterocycles. The predicted molar refractivity (Wildman–Crippen MR) is 73.3 cm³/mol. The zero-order chi connectivity index (χ0) is 12.3. The summed E-state index contributed by atoms with van der Waals surface area (Å²) in [6, 6.07) is 1.93. The van der Waals surface area contributed by atoms with Crippen molar-refractivity contribution in [3.8, 4) is 0 Å². The van der Waals surface area contributed by atoms with Crippen LogP contribution < -0.4 is 0 Å². The molecule has 4 heteroatoms. The minimum Gasteiger partial charge on any atom is -0.292 e. The molecule has 90 valence electrons. The lowest BCUT2D eigenvalue weighted by Gasteiger charge is -2.35. The standard InChI is InChI=1S/C12H18BrNOS/c1-5-14(6-2)12(3,4)11(15)10-9(13)7-8-16-10/h7-8H,5-6H2,1-4H3. The van der Waals surface area contributed by atoms with Crippen LogP contribution in [0.1, 0.15) is 37.4 Å². The fourth-order valence-corrected chi connectivity index (χ4v) is 3.54. The van der Waals surface area contributed by atoms with Crippen molar-refractivity contribution in [1.82, 2.24) is 4.90 Å². The molecular weight excluding hydrogens is 286 g/mol. The zero-order valence-corrected chi connectivity index (χ0v) is 12.6. The smallest absolute Gasteiger partial charge is 0.193 e. The molecule has 0 saturated carbocycles. The Bertz CT molecular complexity index is 369. The second-order valence-corrected chi connectivity index (χ2v) is 5.93. The monoisotopic (exact) mass is 303 g/mol. The van der Waals surface area contributed by atoms with Crippen LogP contribution >= 0.6 is 27.3 Å². The van der Waals surface area contributed by atoms with Gasteiger partial charge in [0.1, 0.15) is 0 Å². The summed E-state index contributed by atoms with van der Waals surface area (Å²) in [7, 11) is 0. The van der Waals surface area contributed by atoms with Crippen molar-refractivity contribution in [3.63, 3.8) is 0 Å². The van der Waals surface area contributed by atoms with Gasteiger partial charge in [0.05, 0.1) is 10.4 Å². The molecule has 0 aliphatic carbocycles. The van der Waals surface area contributed by atoms with Crippen LogP contribution in [0.15, 0.2) is 15.9 Å². The van der Waals surface area contributed by atoms with E-state index in [1.54, 1.807) is 0 Å². The Hall–Kier alpha value is -0.190. The zero-order valence-electron chi connectivity index (χ0n) is 10.2. The number of carbonyl (C=O) groups is 1. The third-order valence-corrected chi connectivity index (χ3v) is 4.77. The largest absolute Gasteiger partial charge is 0.292 e. The summed E-state index contributed by atoms with van der Waals surface area (Å²) < 4.78 is 0.905. The highest BCUT2D eigenvalue weighted by molar-refractivity contribution is 9.10. The Morgan fingerprint density at radius 3 is 2.38 bits per heavy atom. The number of hydrogen-bond donors (Lipinski definition) is 0. The Balaban J connectivity index is 3.00. The summed E-state index contributed by atoms with van der Waals surface area (Å²) in [5.41, 5.74) is -0.434. The van der Waals surface area contributed by atoms with Gasteiger partial charge in [-0.3, -0.25) is 9.69 Å². The molecule has 0 radical (unpaired) electrons. The number of rotatable bonds is 5. The van der Waals surface area contributed by atoms with E-state index in [4.69, 9.17) is 0 Å². The van der Waals surface area contributed by atoms with Crippen molar-refractivity contribution in [2.24, 2.45) is 0 Å². The third kappa shape index (κ3) is 2.55. The van der Waals surface area contributed by atoms with Gasteiger partial charge in [0.25, 0.3) is 0 Å². The number of nitrogens with zero attached hydrogens (tertiary/aromatic N) is 1. The molecule has 0 unspecified atom stereocenters. The van der Waals surface area contributed by atoms with E-state index in [0.29, 0.717) is 0 Å². The molecule has 2 nitrogen and oxygen atoms in total. The highest BCUT2D eigenvalue weighted by atomic mass is 79.9. The van der Waals surface area contributed by atoms with Crippen molar-refractivity contribution in [2.45, 2.75) is 33.2 Å². The molecule has 1 aromatic rings. The van der Waals surface area contributed by atoms with Crippen LogP contribution in [0.5, 0.6) is 0 Å². The molecule has 0 spiro atoms. The van der Waals surface area contributed by atoms with Crippen LogP contribution in [0.25, 0.3) is 0 Å². The summed E-state index contributed by atoms with van der Waals surface area (Å²) in [5.74, 6) is 0.193. The lowest BCUT2D eigenvalue weighted by molar-refractivity contribution is 0.0672. The number of carbonyl (C=O) groups excluding carboxylic acids is 1. The maximum absolute atomic E-state index is 12.4. The summed E-state index contributed by atoms with van der Waals surface area (Å²) in [5, 5.41) is 1.94. The number of Topliss-reactive ketones (excluding diaryl/α,β-unsaturated/α-hetero) is 1. The van der Waals surface area contributed by atoms with E-state index in [0.717, 1.165) is 22.4 Å². The number of thiophene rings is 1. The van der Waals surface area contributed by atoms with Gasteiger partial charge < -0.3 is 0 Å². The molecular formula is C12H18BrNOS. The fraction of sp³-hybridized carbons (Fsp3) is 0.583. The molecule has 16 heavy (non-hydrogen) atoms. The van der Waals surface area contributed by atoms with E-state index in [9.17, 15) is 4.79 Å². The first kappa shape index (κ1) is 13.9. The molecule has 0 atom stereocenters. The average molecular weight is 304 g/mol. The molecule has 0 amide bonds. The van der Waals surface area contributed by atoms with E-state index in [-0.39, 0.29) is 5.78 Å². The van der Waals surface area contributed by atoms with Crippen molar-refractivity contribution < 1.29 is 4.79 Å². The number of likely N-dealkylation sites (N-methyl/N-ethyl adjacent to an activating group) is 1. The molecule has 0 aliphatic rings. The van der Waals surface area contributed by atoms with E-state index in [1.807, 2.05) is 25.3 Å². The lowest BCUT2D eigenvalue weighted by atomic mass is 9.95. The Kier molecular flexibility index (Phi) is 4.71. The van der Waals surface area contributed by atoms with E-state index in [2.05, 4.69) is 34.7 Å². The summed E-state index contributed by atoms with van der Waals surface area (Å²) >= 11 is 4.92. The molecule has 0 fully saturated rings. The second kappa shape index (κ2) is 5.43. The SMILES string of the molecule is CCN(CC)C(C)(C)C(=O)c1sccc1Br. The van der Waals surface area contributed by atoms with Gasteiger partial charge in [-0.2, -0.15) is 0 Å². The van der Waals surface area contributed by atoms with E-state index in [1.165, 1.54) is 11.3 Å². The van der Waals surface area contributed by atoms with Gasteiger partial charge in [0.15, 0.2) is 5.78 Å². The van der Waals surface area contributed by atoms with Gasteiger partial charge in [-0.1, -0.05) is 13.8 Å². The summed E-state index contributed by atoms with van der Waals surface area (Å²) in [6.45, 7) is 9.93. The number of ketones is 1. The maximum atomic E-state index is 12.4. The Labute approximate surface area is 110 Å². The minimum absolute atomic E-state index is 0.193. The Morgan fingerprint density at radius 1 is 1.44 bits per heavy atom. The van der Waals surface area contributed by atoms with Crippen LogP contribution in [0.2, 0.25) is 0 Å². The van der Waals surface area contributed by atoms with Crippen molar-refractivity contribution >= 4 is 33.0 Å². The first-order chi connectivity index (χ1) is 7.45. The molecule has 1 rings (SSSR count). The highest BCUT2D eigenvalue weighted by Gasteiger charge is 2.34. The number of halogens is 1. The lowest BCUT2D eigenvalue weighted by Crippen LogP contribution is -2.49. The molecule has 0 aromatic carbocycles. The summed E-state index contributed by atoms with van der Waals surface area (Å²) in [6.07, 6.45) is 0. The van der Waals surface area contributed by atoms with E-state index < -0.39 is 5.54 Å². The summed E-state index contributed by atoms with van der Waals surface area (Å²) in [4.78, 5) is 15.4. The van der Waals surface area contributed by atoms with Gasteiger partial charge in [-0.25, -0.2) is 0 Å². The van der Waals surface area contributed by atoms with Gasteiger partial charge >= 0.3 is 0 Å². The molecule has 1 aromatic heterocycles. The van der Waals surface area contributed by atoms with Crippen LogP contribution in [-0.2, 0) is 0 Å². The fourth-order valence-electron chi connectivity index (χ4n) is 1.89. The van der Waals surface area contributed by atoms with Gasteiger partial charge in [-0.15, -0.1) is 11.3 Å². The Morgan fingerprint density at radius 2 is 2.00 bits per heavy atom. The predicted octanol–water partition coefficient (Wildman–Crippen LogP) is 3.81. The van der Waals surface area contributed by atoms with Crippen LogP contribution in [0.3, 0.4) is 0 Å². The first-order valence-corrected chi connectivity index (χ1v) is 7.15. The first-order valence-electron chi connectivity index (χ1n) is 5.48. The van der Waals surface area contributed by atoms with Crippen molar-refractivity contribution in [3.05, 3.63) is 20.8 Å². The van der Waals surface area contributed by atoms with Crippen LogP contribution in [-0.4, -0.2) is 29.3 Å². The van der Waals surface area contributed by atoms with Crippen molar-refractivity contribution in [2.75, 3.05) is 13.1 Å². The normalized spacial score (nSPS) is 12.1. The topological polar surface area (TPSA) is 20.3 Å². The van der Waals surface area contributed by atoms with Crippen LogP contribution in [0, 0.1) is 0 Å². The third-order valence-electron chi connectivity index (χ3n) is 2.93. The van der Waals surface area contributed by atoms with Gasteiger partial charge in [0.2, 0.25) is 0 Å². The quantitative estimate of drug-likeness (QED) is 0.771. The maximum Gasteiger partial charge on any atom is 0.193 e. The van der Waals surface area contributed by atoms with Gasteiger partial charge in [-0.05, 0) is 54.3 Å². The highest BCUT2D eigenvalue weighted by Crippen LogP contribution is 2.29. The minimum atomic E-state index is -0.434. The average Bonchev–Trinajstić information content (AvgIpc) is 2.64. The van der Waals surface area contributed by atoms with Crippen molar-refractivity contribution in [1.29, 1.82) is 0 Å².